The molecule has 2 heterocycles. The van der Waals surface area contributed by atoms with Gasteiger partial charge in [0.25, 0.3) is 5.91 Å². The predicted molar refractivity (Wildman–Crippen MR) is 93.7 cm³/mol. The summed E-state index contributed by atoms with van der Waals surface area (Å²) in [6.07, 6.45) is 1.16. The van der Waals surface area contributed by atoms with Crippen molar-refractivity contribution >= 4 is 5.91 Å². The van der Waals surface area contributed by atoms with Crippen LogP contribution in [0.1, 0.15) is 23.0 Å². The van der Waals surface area contributed by atoms with Crippen LogP contribution in [0, 0.1) is 5.92 Å². The molecular formula is C19H22N2O4. The highest BCUT2D eigenvalue weighted by molar-refractivity contribution is 5.91. The smallest absolute Gasteiger partial charge is 0.287 e. The van der Waals surface area contributed by atoms with Crippen LogP contribution in [-0.2, 0) is 6.54 Å². The molecule has 1 saturated heterocycles. The van der Waals surface area contributed by atoms with Gasteiger partial charge in [-0.15, -0.1) is 0 Å². The molecule has 1 aliphatic heterocycles. The molecule has 0 radical (unpaired) electrons. The first-order chi connectivity index (χ1) is 12.1. The summed E-state index contributed by atoms with van der Waals surface area (Å²) in [7, 11) is 1.38. The standard InChI is InChI=1S/C19H22N2O4/c1-13-9-21(10-14-6-4-3-5-7-14)11-15(13)20-19(23)17-8-16(22)18(24-2)12-25-17/h3-8,12-13,15H,9-11H2,1-2H3,(H,20,23). The van der Waals surface area contributed by atoms with Crippen LogP contribution in [0.3, 0.4) is 0 Å². The van der Waals surface area contributed by atoms with E-state index in [-0.39, 0.29) is 28.9 Å². The van der Waals surface area contributed by atoms with Gasteiger partial charge in [-0.05, 0) is 11.5 Å². The second kappa shape index (κ2) is 7.53. The zero-order valence-corrected chi connectivity index (χ0v) is 14.4. The Kier molecular flexibility index (Phi) is 5.19. The third-order valence-electron chi connectivity index (χ3n) is 4.50. The maximum atomic E-state index is 12.4. The second-order valence-electron chi connectivity index (χ2n) is 6.41. The highest BCUT2D eigenvalue weighted by Crippen LogP contribution is 2.19. The molecule has 1 aromatic heterocycles. The normalized spacial score (nSPS) is 20.4. The van der Waals surface area contributed by atoms with E-state index in [1.165, 1.54) is 12.7 Å². The Morgan fingerprint density at radius 3 is 2.76 bits per heavy atom. The van der Waals surface area contributed by atoms with Crippen molar-refractivity contribution in [1.82, 2.24) is 10.2 Å². The van der Waals surface area contributed by atoms with E-state index in [2.05, 4.69) is 29.3 Å². The van der Waals surface area contributed by atoms with Crippen LogP contribution in [0.15, 0.2) is 51.9 Å². The van der Waals surface area contributed by atoms with E-state index in [0.29, 0.717) is 5.92 Å². The van der Waals surface area contributed by atoms with Gasteiger partial charge < -0.3 is 14.5 Å². The van der Waals surface area contributed by atoms with Crippen molar-refractivity contribution in [3.63, 3.8) is 0 Å². The van der Waals surface area contributed by atoms with E-state index >= 15 is 0 Å². The van der Waals surface area contributed by atoms with Gasteiger partial charge in [0.05, 0.1) is 7.11 Å². The number of likely N-dealkylation sites (tertiary alicyclic amines) is 1. The summed E-state index contributed by atoms with van der Waals surface area (Å²) in [5.74, 6) is 0.0233. The number of hydrogen-bond donors (Lipinski definition) is 1. The third kappa shape index (κ3) is 4.09. The van der Waals surface area contributed by atoms with Crippen molar-refractivity contribution in [1.29, 1.82) is 0 Å². The van der Waals surface area contributed by atoms with Crippen molar-refractivity contribution in [2.45, 2.75) is 19.5 Å². The first-order valence-electron chi connectivity index (χ1n) is 8.31. The summed E-state index contributed by atoms with van der Waals surface area (Å²) >= 11 is 0. The van der Waals surface area contributed by atoms with Crippen molar-refractivity contribution in [2.75, 3.05) is 20.2 Å². The number of ether oxygens (including phenoxy) is 1. The van der Waals surface area contributed by atoms with Crippen LogP contribution in [0.25, 0.3) is 0 Å². The van der Waals surface area contributed by atoms with Crippen LogP contribution in [-0.4, -0.2) is 37.0 Å². The Hall–Kier alpha value is -2.60. The maximum Gasteiger partial charge on any atom is 0.287 e. The minimum Gasteiger partial charge on any atom is -0.490 e. The van der Waals surface area contributed by atoms with E-state index in [1.807, 2.05) is 18.2 Å². The number of carbonyl (C=O) groups is 1. The molecule has 6 nitrogen and oxygen atoms in total. The molecule has 1 N–H and O–H groups in total. The topological polar surface area (TPSA) is 71.8 Å². The van der Waals surface area contributed by atoms with Gasteiger partial charge in [-0.2, -0.15) is 0 Å². The van der Waals surface area contributed by atoms with Crippen molar-refractivity contribution in [3.8, 4) is 5.75 Å². The minimum absolute atomic E-state index is 0.000454. The number of rotatable bonds is 5. The fourth-order valence-corrected chi connectivity index (χ4v) is 3.13. The zero-order chi connectivity index (χ0) is 17.8. The largest absolute Gasteiger partial charge is 0.490 e. The van der Waals surface area contributed by atoms with Gasteiger partial charge in [-0.3, -0.25) is 14.5 Å². The average Bonchev–Trinajstić information content (AvgIpc) is 2.94. The molecule has 0 aliphatic carbocycles. The Morgan fingerprint density at radius 1 is 1.32 bits per heavy atom. The number of benzene rings is 1. The summed E-state index contributed by atoms with van der Waals surface area (Å²) in [6, 6.07) is 11.4. The molecule has 1 aromatic carbocycles. The van der Waals surface area contributed by atoms with E-state index in [1.54, 1.807) is 0 Å². The van der Waals surface area contributed by atoms with Gasteiger partial charge in [0.15, 0.2) is 5.76 Å². The molecule has 6 heteroatoms. The molecule has 0 saturated carbocycles. The van der Waals surface area contributed by atoms with Gasteiger partial charge in [-0.1, -0.05) is 37.3 Å². The van der Waals surface area contributed by atoms with Crippen molar-refractivity contribution in [3.05, 3.63) is 64.2 Å². The maximum absolute atomic E-state index is 12.4. The molecule has 132 valence electrons. The van der Waals surface area contributed by atoms with Crippen LogP contribution in [0.2, 0.25) is 0 Å². The molecule has 2 aromatic rings. The lowest BCUT2D eigenvalue weighted by molar-refractivity contribution is 0.0900. The summed E-state index contributed by atoms with van der Waals surface area (Å²) in [5, 5.41) is 2.97. The van der Waals surface area contributed by atoms with Gasteiger partial charge in [0.1, 0.15) is 6.26 Å². The Balaban J connectivity index is 1.61. The first kappa shape index (κ1) is 17.2. The minimum atomic E-state index is -0.377. The van der Waals surface area contributed by atoms with Crippen molar-refractivity contribution < 1.29 is 13.9 Å². The van der Waals surface area contributed by atoms with Gasteiger partial charge in [-0.25, -0.2) is 0 Å². The van der Waals surface area contributed by atoms with E-state index in [4.69, 9.17) is 9.15 Å². The summed E-state index contributed by atoms with van der Waals surface area (Å²) in [4.78, 5) is 26.4. The van der Waals surface area contributed by atoms with E-state index < -0.39 is 0 Å². The number of carbonyl (C=O) groups excluding carboxylic acids is 1. The Bertz CT molecular complexity index is 788. The van der Waals surface area contributed by atoms with Crippen LogP contribution >= 0.6 is 0 Å². The molecule has 1 aliphatic rings. The highest BCUT2D eigenvalue weighted by Gasteiger charge is 2.31. The zero-order valence-electron chi connectivity index (χ0n) is 14.4. The van der Waals surface area contributed by atoms with Gasteiger partial charge in [0.2, 0.25) is 11.2 Å². The van der Waals surface area contributed by atoms with E-state index in [0.717, 1.165) is 32.0 Å². The summed E-state index contributed by atoms with van der Waals surface area (Å²) < 4.78 is 10.1. The Morgan fingerprint density at radius 2 is 2.08 bits per heavy atom. The predicted octanol–water partition coefficient (Wildman–Crippen LogP) is 1.90. The molecule has 2 unspecified atom stereocenters. The van der Waals surface area contributed by atoms with Crippen LogP contribution in [0.4, 0.5) is 0 Å². The lowest BCUT2D eigenvalue weighted by Gasteiger charge is -2.17. The van der Waals surface area contributed by atoms with Crippen LogP contribution < -0.4 is 15.5 Å². The highest BCUT2D eigenvalue weighted by atomic mass is 16.5. The Labute approximate surface area is 146 Å². The van der Waals surface area contributed by atoms with Gasteiger partial charge >= 0.3 is 0 Å². The number of amides is 1. The third-order valence-corrected chi connectivity index (χ3v) is 4.50. The fraction of sp³-hybridized carbons (Fsp3) is 0.368. The quantitative estimate of drug-likeness (QED) is 0.898. The number of hydrogen-bond acceptors (Lipinski definition) is 5. The average molecular weight is 342 g/mol. The van der Waals surface area contributed by atoms with Gasteiger partial charge in [0, 0.05) is 31.7 Å². The molecular weight excluding hydrogens is 320 g/mol. The van der Waals surface area contributed by atoms with Crippen LogP contribution in [0.5, 0.6) is 5.75 Å². The van der Waals surface area contributed by atoms with Crippen molar-refractivity contribution in [2.24, 2.45) is 5.92 Å². The lowest BCUT2D eigenvalue weighted by atomic mass is 10.1. The SMILES string of the molecule is COc1coc(C(=O)NC2CN(Cc3ccccc3)CC2C)cc1=O. The molecule has 1 amide bonds. The second-order valence-corrected chi connectivity index (χ2v) is 6.41. The first-order valence-corrected chi connectivity index (χ1v) is 8.31. The number of nitrogens with one attached hydrogen (secondary N) is 1. The summed E-state index contributed by atoms with van der Waals surface area (Å²) in [5.41, 5.74) is 0.881. The summed E-state index contributed by atoms with van der Waals surface area (Å²) in [6.45, 7) is 4.64. The molecule has 3 rings (SSSR count). The molecule has 0 bridgehead atoms. The van der Waals surface area contributed by atoms with E-state index in [9.17, 15) is 9.59 Å². The number of nitrogens with zero attached hydrogens (tertiary/aromatic N) is 1. The fourth-order valence-electron chi connectivity index (χ4n) is 3.13. The monoisotopic (exact) mass is 342 g/mol. The molecule has 25 heavy (non-hydrogen) atoms. The number of methoxy groups -OCH3 is 1. The lowest BCUT2D eigenvalue weighted by Crippen LogP contribution is -2.40. The molecule has 1 fully saturated rings. The molecule has 0 spiro atoms. The molecule has 2 atom stereocenters.